The zero-order valence-corrected chi connectivity index (χ0v) is 13.4. The van der Waals surface area contributed by atoms with Crippen molar-refractivity contribution in [3.05, 3.63) is 28.2 Å². The molecule has 0 heterocycles. The molecule has 0 aliphatic rings. The summed E-state index contributed by atoms with van der Waals surface area (Å²) in [6, 6.07) is 5.49. The molecule has 2 N–H and O–H groups in total. The van der Waals surface area contributed by atoms with Gasteiger partial charge in [0.15, 0.2) is 0 Å². The first-order chi connectivity index (χ1) is 9.31. The van der Waals surface area contributed by atoms with Gasteiger partial charge in [0.25, 0.3) is 0 Å². The van der Waals surface area contributed by atoms with Crippen LogP contribution >= 0.6 is 15.9 Å². The second-order valence-corrected chi connectivity index (χ2v) is 5.66. The molecule has 6 heteroatoms. The Labute approximate surface area is 127 Å². The Hall–Kier alpha value is -1.40. The molecule has 0 aromatic heterocycles. The molecule has 0 saturated heterocycles. The zero-order valence-electron chi connectivity index (χ0n) is 11.8. The van der Waals surface area contributed by atoms with Crippen molar-refractivity contribution in [1.29, 1.82) is 0 Å². The lowest BCUT2D eigenvalue weighted by Gasteiger charge is -2.17. The molecule has 1 atom stereocenters. The predicted molar refractivity (Wildman–Crippen MR) is 81.4 cm³/mol. The average molecular weight is 343 g/mol. The molecular weight excluding hydrogens is 324 g/mol. The second kappa shape index (κ2) is 7.40. The van der Waals surface area contributed by atoms with Crippen molar-refractivity contribution >= 4 is 33.4 Å². The number of amides is 2. The highest BCUT2D eigenvalue weighted by atomic mass is 79.9. The molecule has 1 aromatic rings. The normalized spacial score (nSPS) is 11.8. The van der Waals surface area contributed by atoms with E-state index < -0.39 is 17.9 Å². The van der Waals surface area contributed by atoms with Gasteiger partial charge in [0, 0.05) is 18.1 Å². The third kappa shape index (κ3) is 4.94. The Morgan fingerprint density at radius 2 is 2.10 bits per heavy atom. The van der Waals surface area contributed by atoms with E-state index in [2.05, 4.69) is 21.2 Å². The van der Waals surface area contributed by atoms with E-state index in [-0.39, 0.29) is 0 Å². The third-order valence-electron chi connectivity index (χ3n) is 2.79. The quantitative estimate of drug-likeness (QED) is 0.821. The zero-order chi connectivity index (χ0) is 15.3. The van der Waals surface area contributed by atoms with Gasteiger partial charge in [0.05, 0.1) is 11.8 Å². The van der Waals surface area contributed by atoms with Crippen LogP contribution in [0.2, 0.25) is 0 Å². The molecule has 0 aliphatic carbocycles. The maximum absolute atomic E-state index is 11.9. The van der Waals surface area contributed by atoms with Crippen LogP contribution in [-0.4, -0.2) is 41.5 Å². The lowest BCUT2D eigenvalue weighted by molar-refractivity contribution is -0.142. The molecule has 0 fully saturated rings. The smallest absolute Gasteiger partial charge is 0.313 e. The Bertz CT molecular complexity index is 503. The third-order valence-corrected chi connectivity index (χ3v) is 3.48. The summed E-state index contributed by atoms with van der Waals surface area (Å²) in [4.78, 5) is 25.0. The second-order valence-electron chi connectivity index (χ2n) is 4.80. The summed E-state index contributed by atoms with van der Waals surface area (Å²) in [5.74, 6) is -1.32. The van der Waals surface area contributed by atoms with E-state index in [0.29, 0.717) is 18.7 Å². The first-order valence-corrected chi connectivity index (χ1v) is 7.11. The van der Waals surface area contributed by atoms with Crippen LogP contribution in [0.5, 0.6) is 0 Å². The molecule has 1 rings (SSSR count). The Kier molecular flexibility index (Phi) is 6.16. The van der Waals surface area contributed by atoms with E-state index in [1.54, 1.807) is 13.0 Å². The summed E-state index contributed by atoms with van der Waals surface area (Å²) in [5.41, 5.74) is 1.55. The van der Waals surface area contributed by atoms with Gasteiger partial charge < -0.3 is 15.3 Å². The van der Waals surface area contributed by atoms with Crippen LogP contribution in [0.1, 0.15) is 18.9 Å². The Balaban J connectivity index is 2.66. The van der Waals surface area contributed by atoms with Crippen molar-refractivity contribution in [3.63, 3.8) is 0 Å². The minimum absolute atomic E-state index is 0.332. The molecular formula is C14H19BrN2O3. The van der Waals surface area contributed by atoms with Gasteiger partial charge in [0.1, 0.15) is 0 Å². The van der Waals surface area contributed by atoms with Crippen LogP contribution < -0.4 is 5.32 Å². The van der Waals surface area contributed by atoms with Gasteiger partial charge >= 0.3 is 11.8 Å². The number of nitrogens with zero attached hydrogens (tertiary/aromatic N) is 1. The fourth-order valence-electron chi connectivity index (χ4n) is 1.57. The van der Waals surface area contributed by atoms with Crippen molar-refractivity contribution < 1.29 is 14.7 Å². The van der Waals surface area contributed by atoms with Crippen LogP contribution in [-0.2, 0) is 9.59 Å². The minimum atomic E-state index is -0.690. The number of hydrogen-bond acceptors (Lipinski definition) is 3. The molecule has 110 valence electrons. The summed E-state index contributed by atoms with van der Waals surface area (Å²) in [6.45, 7) is 3.87. The van der Waals surface area contributed by atoms with Gasteiger partial charge in [-0.1, -0.05) is 6.07 Å². The highest BCUT2D eigenvalue weighted by Gasteiger charge is 2.19. The maximum Gasteiger partial charge on any atom is 0.313 e. The van der Waals surface area contributed by atoms with E-state index in [1.807, 2.05) is 19.1 Å². The highest BCUT2D eigenvalue weighted by Crippen LogP contribution is 2.23. The number of likely N-dealkylation sites (N-methyl/N-ethyl adjacent to an activating group) is 1. The lowest BCUT2D eigenvalue weighted by Crippen LogP contribution is -2.38. The number of hydrogen-bond donors (Lipinski definition) is 2. The maximum atomic E-state index is 11.9. The first kappa shape index (κ1) is 16.7. The van der Waals surface area contributed by atoms with Gasteiger partial charge in [-0.2, -0.15) is 0 Å². The van der Waals surface area contributed by atoms with Crippen molar-refractivity contribution in [2.75, 3.05) is 18.9 Å². The molecule has 5 nitrogen and oxygen atoms in total. The number of aliphatic hydroxyl groups is 1. The molecule has 2 amide bonds. The molecule has 1 unspecified atom stereocenters. The van der Waals surface area contributed by atoms with Crippen LogP contribution in [0.3, 0.4) is 0 Å². The number of carbonyl (C=O) groups is 2. The standard InChI is InChI=1S/C14H19BrN2O3/c1-9-4-5-11(15)12(8-9)16-13(19)14(20)17(3)7-6-10(2)18/h4-5,8,10,18H,6-7H2,1-3H3,(H,16,19). The fraction of sp³-hybridized carbons (Fsp3) is 0.429. The van der Waals surface area contributed by atoms with Crippen LogP contribution in [0.15, 0.2) is 22.7 Å². The number of anilines is 1. The van der Waals surface area contributed by atoms with Crippen molar-refractivity contribution in [2.45, 2.75) is 26.4 Å². The van der Waals surface area contributed by atoms with Crippen LogP contribution in [0.4, 0.5) is 5.69 Å². The average Bonchev–Trinajstić information content (AvgIpc) is 2.39. The molecule has 0 spiro atoms. The number of aryl methyl sites for hydroxylation is 1. The largest absolute Gasteiger partial charge is 0.393 e. The summed E-state index contributed by atoms with van der Waals surface area (Å²) < 4.78 is 0.718. The monoisotopic (exact) mass is 342 g/mol. The minimum Gasteiger partial charge on any atom is -0.393 e. The fourth-order valence-corrected chi connectivity index (χ4v) is 1.91. The number of carbonyl (C=O) groups excluding carboxylic acids is 2. The highest BCUT2D eigenvalue weighted by molar-refractivity contribution is 9.10. The summed E-state index contributed by atoms with van der Waals surface area (Å²) in [6.07, 6.45) is -0.0665. The van der Waals surface area contributed by atoms with E-state index in [1.165, 1.54) is 11.9 Å². The van der Waals surface area contributed by atoms with E-state index in [9.17, 15) is 14.7 Å². The summed E-state index contributed by atoms with van der Waals surface area (Å²) in [7, 11) is 1.54. The van der Waals surface area contributed by atoms with E-state index in [0.717, 1.165) is 10.0 Å². The number of nitrogens with one attached hydrogen (secondary N) is 1. The van der Waals surface area contributed by atoms with Crippen molar-refractivity contribution in [1.82, 2.24) is 4.90 Å². The SMILES string of the molecule is Cc1ccc(Br)c(NC(=O)C(=O)N(C)CCC(C)O)c1. The molecule has 0 bridgehead atoms. The van der Waals surface area contributed by atoms with Crippen LogP contribution in [0, 0.1) is 6.92 Å². The molecule has 1 aromatic carbocycles. The van der Waals surface area contributed by atoms with Gasteiger partial charge in [-0.25, -0.2) is 0 Å². The Morgan fingerprint density at radius 3 is 2.70 bits per heavy atom. The summed E-state index contributed by atoms with van der Waals surface area (Å²) >= 11 is 3.32. The molecule has 0 aliphatic heterocycles. The van der Waals surface area contributed by atoms with E-state index >= 15 is 0 Å². The number of rotatable bonds is 4. The van der Waals surface area contributed by atoms with Gasteiger partial charge in [-0.05, 0) is 53.9 Å². The molecule has 20 heavy (non-hydrogen) atoms. The first-order valence-electron chi connectivity index (χ1n) is 6.32. The van der Waals surface area contributed by atoms with Crippen LogP contribution in [0.25, 0.3) is 0 Å². The lowest BCUT2D eigenvalue weighted by atomic mass is 10.2. The molecule has 0 saturated carbocycles. The topological polar surface area (TPSA) is 69.6 Å². The summed E-state index contributed by atoms with van der Waals surface area (Å²) in [5, 5.41) is 11.8. The van der Waals surface area contributed by atoms with Crippen molar-refractivity contribution in [3.8, 4) is 0 Å². The van der Waals surface area contributed by atoms with Gasteiger partial charge in [0.2, 0.25) is 0 Å². The molecule has 0 radical (unpaired) electrons. The predicted octanol–water partition coefficient (Wildman–Crippen LogP) is 1.93. The van der Waals surface area contributed by atoms with Crippen molar-refractivity contribution in [2.24, 2.45) is 0 Å². The van der Waals surface area contributed by atoms with E-state index in [4.69, 9.17) is 0 Å². The number of benzene rings is 1. The van der Waals surface area contributed by atoms with Gasteiger partial charge in [-0.15, -0.1) is 0 Å². The van der Waals surface area contributed by atoms with Gasteiger partial charge in [-0.3, -0.25) is 9.59 Å². The number of halogens is 1. The number of aliphatic hydroxyl groups excluding tert-OH is 1. The Morgan fingerprint density at radius 1 is 1.45 bits per heavy atom.